The predicted octanol–water partition coefficient (Wildman–Crippen LogP) is 4.49. The summed E-state index contributed by atoms with van der Waals surface area (Å²) in [6.45, 7) is 0. The van der Waals surface area contributed by atoms with Crippen LogP contribution in [0.25, 0.3) is 10.9 Å². The van der Waals surface area contributed by atoms with Crippen molar-refractivity contribution in [2.24, 2.45) is 0 Å². The molecule has 0 unspecified atom stereocenters. The molecule has 3 rings (SSSR count). The van der Waals surface area contributed by atoms with Gasteiger partial charge in [-0.3, -0.25) is 4.98 Å². The molecule has 3 aromatic rings. The van der Waals surface area contributed by atoms with Crippen molar-refractivity contribution in [2.75, 3.05) is 0 Å². The van der Waals surface area contributed by atoms with E-state index < -0.39 is 5.97 Å². The zero-order chi connectivity index (χ0) is 15.0. The van der Waals surface area contributed by atoms with Gasteiger partial charge in [0.05, 0.1) is 5.02 Å². The molecule has 5 nitrogen and oxygen atoms in total. The number of hydrogen-bond donors (Lipinski definition) is 1. The molecular weight excluding hydrogens is 335 g/mol. The van der Waals surface area contributed by atoms with Crippen LogP contribution >= 0.6 is 34.5 Å². The maximum atomic E-state index is 10.9. The molecule has 1 aromatic carbocycles. The number of pyridine rings is 1. The summed E-state index contributed by atoms with van der Waals surface area (Å²) in [4.78, 5) is 19.0. The van der Waals surface area contributed by atoms with Crippen molar-refractivity contribution in [3.8, 4) is 10.9 Å². The van der Waals surface area contributed by atoms with E-state index in [1.165, 1.54) is 0 Å². The normalized spacial score (nSPS) is 10.8. The van der Waals surface area contributed by atoms with Crippen LogP contribution in [-0.4, -0.2) is 21.0 Å². The summed E-state index contributed by atoms with van der Waals surface area (Å²) < 4.78 is 5.60. The number of ether oxygens (including phenoxy) is 1. The number of carboxylic acids is 1. The van der Waals surface area contributed by atoms with Crippen molar-refractivity contribution >= 4 is 51.4 Å². The Morgan fingerprint density at radius 2 is 2.10 bits per heavy atom. The summed E-state index contributed by atoms with van der Waals surface area (Å²) >= 11 is 12.7. The van der Waals surface area contributed by atoms with Gasteiger partial charge in [-0.05, 0) is 24.3 Å². The lowest BCUT2D eigenvalue weighted by atomic mass is 10.2. The maximum absolute atomic E-state index is 10.9. The molecule has 0 amide bonds. The number of nitrogens with zero attached hydrogens (tertiary/aromatic N) is 2. The number of halogens is 2. The molecule has 0 aliphatic rings. The van der Waals surface area contributed by atoms with Crippen molar-refractivity contribution < 1.29 is 14.6 Å². The monoisotopic (exact) mass is 340 g/mol. The first-order valence-electron chi connectivity index (χ1n) is 5.67. The lowest BCUT2D eigenvalue weighted by Gasteiger charge is -2.06. The third-order valence-corrected chi connectivity index (χ3v) is 4.27. The van der Waals surface area contributed by atoms with E-state index in [9.17, 15) is 4.79 Å². The van der Waals surface area contributed by atoms with Gasteiger partial charge in [-0.15, -0.1) is 0 Å². The van der Waals surface area contributed by atoms with Crippen molar-refractivity contribution in [1.29, 1.82) is 0 Å². The number of fused-ring (bicyclic) bond motifs is 1. The molecule has 2 heterocycles. The molecule has 0 atom stereocenters. The Morgan fingerprint density at radius 1 is 1.29 bits per heavy atom. The first kappa shape index (κ1) is 14.1. The second-order valence-electron chi connectivity index (χ2n) is 3.95. The summed E-state index contributed by atoms with van der Waals surface area (Å²) in [5, 5.41) is 10.3. The molecule has 8 heteroatoms. The zero-order valence-electron chi connectivity index (χ0n) is 10.2. The standard InChI is InChI=1S/C13H6Cl2N2O3S/c14-7-3-4-8(9-6(7)2-1-5-16-9)20-13-17-11(15)10(21-13)12(18)19/h1-5H,(H,18,19). The van der Waals surface area contributed by atoms with E-state index in [4.69, 9.17) is 33.0 Å². The van der Waals surface area contributed by atoms with Gasteiger partial charge >= 0.3 is 5.97 Å². The van der Waals surface area contributed by atoms with Crippen molar-refractivity contribution in [3.05, 3.63) is 45.5 Å². The van der Waals surface area contributed by atoms with Gasteiger partial charge in [-0.2, -0.15) is 4.98 Å². The van der Waals surface area contributed by atoms with Crippen molar-refractivity contribution in [1.82, 2.24) is 9.97 Å². The SMILES string of the molecule is O=C(O)c1sc(Oc2ccc(Cl)c3cccnc23)nc1Cl. The molecule has 0 aliphatic carbocycles. The fourth-order valence-electron chi connectivity index (χ4n) is 1.75. The fraction of sp³-hybridized carbons (Fsp3) is 0. The second-order valence-corrected chi connectivity index (χ2v) is 5.68. The van der Waals surface area contributed by atoms with Gasteiger partial charge in [0, 0.05) is 11.6 Å². The summed E-state index contributed by atoms with van der Waals surface area (Å²) in [5.41, 5.74) is 0.563. The summed E-state index contributed by atoms with van der Waals surface area (Å²) in [6, 6.07) is 6.90. The Labute approximate surface area is 132 Å². The molecule has 0 radical (unpaired) electrons. The first-order chi connectivity index (χ1) is 10.1. The van der Waals surface area contributed by atoms with E-state index in [1.807, 2.05) is 6.07 Å². The predicted molar refractivity (Wildman–Crippen MR) is 80.9 cm³/mol. The fourth-order valence-corrected chi connectivity index (χ4v) is 2.95. The Bertz CT molecular complexity index is 851. The minimum atomic E-state index is -1.15. The number of hydrogen-bond acceptors (Lipinski definition) is 5. The van der Waals surface area contributed by atoms with Gasteiger partial charge in [-0.25, -0.2) is 4.79 Å². The largest absolute Gasteiger partial charge is 0.477 e. The highest BCUT2D eigenvalue weighted by Gasteiger charge is 2.18. The quantitative estimate of drug-likeness (QED) is 0.760. The van der Waals surface area contributed by atoms with Gasteiger partial charge in [0.2, 0.25) is 0 Å². The van der Waals surface area contributed by atoms with E-state index in [0.29, 0.717) is 16.3 Å². The third kappa shape index (κ3) is 2.65. The van der Waals surface area contributed by atoms with Crippen LogP contribution in [0.3, 0.4) is 0 Å². The molecule has 0 aliphatic heterocycles. The summed E-state index contributed by atoms with van der Waals surface area (Å²) in [7, 11) is 0. The molecule has 0 fully saturated rings. The Kier molecular flexibility index (Phi) is 3.67. The zero-order valence-corrected chi connectivity index (χ0v) is 12.5. The van der Waals surface area contributed by atoms with Crippen LogP contribution in [0.15, 0.2) is 30.5 Å². The average molecular weight is 341 g/mol. The van der Waals surface area contributed by atoms with Crippen LogP contribution in [0.1, 0.15) is 9.67 Å². The van der Waals surface area contributed by atoms with Crippen LogP contribution in [0.4, 0.5) is 0 Å². The minimum Gasteiger partial charge on any atom is -0.477 e. The molecule has 106 valence electrons. The topological polar surface area (TPSA) is 72.3 Å². The van der Waals surface area contributed by atoms with E-state index in [0.717, 1.165) is 16.7 Å². The van der Waals surface area contributed by atoms with E-state index in [2.05, 4.69) is 9.97 Å². The average Bonchev–Trinajstić information content (AvgIpc) is 2.83. The smallest absolute Gasteiger partial charge is 0.349 e. The van der Waals surface area contributed by atoms with E-state index in [-0.39, 0.29) is 15.2 Å². The summed E-state index contributed by atoms with van der Waals surface area (Å²) in [6.07, 6.45) is 1.61. The van der Waals surface area contributed by atoms with Crippen LogP contribution in [0, 0.1) is 0 Å². The van der Waals surface area contributed by atoms with Crippen molar-refractivity contribution in [2.45, 2.75) is 0 Å². The number of carboxylic acid groups (broad SMARTS) is 1. The second kappa shape index (κ2) is 5.48. The molecule has 21 heavy (non-hydrogen) atoms. The highest BCUT2D eigenvalue weighted by Crippen LogP contribution is 2.36. The Hall–Kier alpha value is -1.89. The van der Waals surface area contributed by atoms with Crippen LogP contribution in [0.5, 0.6) is 10.9 Å². The van der Waals surface area contributed by atoms with E-state index in [1.54, 1.807) is 24.4 Å². The van der Waals surface area contributed by atoms with E-state index >= 15 is 0 Å². The number of aromatic nitrogens is 2. The van der Waals surface area contributed by atoms with Crippen LogP contribution < -0.4 is 4.74 Å². The van der Waals surface area contributed by atoms with Gasteiger partial charge < -0.3 is 9.84 Å². The molecule has 0 spiro atoms. The third-order valence-electron chi connectivity index (χ3n) is 2.64. The van der Waals surface area contributed by atoms with Crippen LogP contribution in [-0.2, 0) is 0 Å². The number of thiazole rings is 1. The first-order valence-corrected chi connectivity index (χ1v) is 7.24. The van der Waals surface area contributed by atoms with Gasteiger partial charge in [0.1, 0.15) is 5.52 Å². The molecule has 2 aromatic heterocycles. The number of carbonyl (C=O) groups is 1. The molecule has 0 bridgehead atoms. The molecule has 1 N–H and O–H groups in total. The maximum Gasteiger partial charge on any atom is 0.349 e. The number of benzene rings is 1. The molecule has 0 saturated carbocycles. The summed E-state index contributed by atoms with van der Waals surface area (Å²) in [5.74, 6) is -0.719. The molecular formula is C13H6Cl2N2O3S. The van der Waals surface area contributed by atoms with Gasteiger partial charge in [0.15, 0.2) is 15.8 Å². The van der Waals surface area contributed by atoms with Crippen LogP contribution in [0.2, 0.25) is 10.2 Å². The lowest BCUT2D eigenvalue weighted by Crippen LogP contribution is -1.91. The van der Waals surface area contributed by atoms with Gasteiger partial charge in [-0.1, -0.05) is 34.5 Å². The molecule has 0 saturated heterocycles. The number of rotatable bonds is 3. The lowest BCUT2D eigenvalue weighted by molar-refractivity contribution is 0.0702. The number of aromatic carboxylic acids is 1. The Morgan fingerprint density at radius 3 is 2.81 bits per heavy atom. The van der Waals surface area contributed by atoms with Gasteiger partial charge in [0.25, 0.3) is 5.19 Å². The van der Waals surface area contributed by atoms with Crippen molar-refractivity contribution in [3.63, 3.8) is 0 Å². The Balaban J connectivity index is 2.04. The highest BCUT2D eigenvalue weighted by atomic mass is 35.5. The minimum absolute atomic E-state index is 0.0714. The highest BCUT2D eigenvalue weighted by molar-refractivity contribution is 7.15.